The van der Waals surface area contributed by atoms with Crippen LogP contribution in [-0.2, 0) is 7.05 Å². The average Bonchev–Trinajstić information content (AvgIpc) is 2.92. The van der Waals surface area contributed by atoms with Crippen LogP contribution >= 0.6 is 11.8 Å². The summed E-state index contributed by atoms with van der Waals surface area (Å²) >= 11 is 1.55. The van der Waals surface area contributed by atoms with E-state index in [9.17, 15) is 8.78 Å². The van der Waals surface area contributed by atoms with Gasteiger partial charge < -0.3 is 4.57 Å². The highest BCUT2D eigenvalue weighted by Crippen LogP contribution is 2.39. The summed E-state index contributed by atoms with van der Waals surface area (Å²) in [5, 5.41) is 0.765. The van der Waals surface area contributed by atoms with E-state index in [0.29, 0.717) is 0 Å². The molecule has 0 aliphatic heterocycles. The molecule has 0 saturated heterocycles. The molecule has 2 nitrogen and oxygen atoms in total. The van der Waals surface area contributed by atoms with Crippen LogP contribution in [0.25, 0.3) is 0 Å². The second-order valence-electron chi connectivity index (χ2n) is 4.92. The smallest absolute Gasteiger partial charge is 0.168 e. The van der Waals surface area contributed by atoms with Gasteiger partial charge in [-0.25, -0.2) is 13.8 Å². The number of halogens is 2. The molecule has 0 amide bonds. The Bertz CT molecular complexity index is 706. The number of imidazole rings is 1. The van der Waals surface area contributed by atoms with Crippen molar-refractivity contribution in [3.63, 3.8) is 0 Å². The van der Waals surface area contributed by atoms with Crippen molar-refractivity contribution in [2.45, 2.75) is 10.4 Å². The summed E-state index contributed by atoms with van der Waals surface area (Å²) in [5.41, 5.74) is 1.89. The molecular formula is C17H14F2N2S. The number of hydrogen-bond donors (Lipinski definition) is 0. The first-order valence-electron chi connectivity index (χ1n) is 6.78. The minimum absolute atomic E-state index is 0.0812. The molecule has 0 atom stereocenters. The number of benzene rings is 2. The summed E-state index contributed by atoms with van der Waals surface area (Å²) < 4.78 is 28.3. The molecule has 0 aliphatic carbocycles. The van der Waals surface area contributed by atoms with Crippen LogP contribution in [0.4, 0.5) is 8.78 Å². The average molecular weight is 316 g/mol. The highest BCUT2D eigenvalue weighted by molar-refractivity contribution is 7.99. The number of hydrogen-bond acceptors (Lipinski definition) is 2. The molecule has 1 aromatic heterocycles. The first-order chi connectivity index (χ1) is 10.6. The Balaban J connectivity index is 1.99. The van der Waals surface area contributed by atoms with Crippen LogP contribution in [0.2, 0.25) is 0 Å². The van der Waals surface area contributed by atoms with Gasteiger partial charge in [0.2, 0.25) is 0 Å². The molecule has 0 fully saturated rings. The number of rotatable bonds is 4. The van der Waals surface area contributed by atoms with Crippen molar-refractivity contribution in [3.05, 3.63) is 83.7 Å². The third kappa shape index (κ3) is 3.20. The van der Waals surface area contributed by atoms with Gasteiger partial charge in [-0.1, -0.05) is 36.0 Å². The largest absolute Gasteiger partial charge is 0.329 e. The Morgan fingerprint density at radius 1 is 0.909 bits per heavy atom. The molecule has 5 heteroatoms. The molecule has 112 valence electrons. The second-order valence-corrected chi connectivity index (χ2v) is 5.99. The molecular weight excluding hydrogens is 302 g/mol. The molecule has 0 unspecified atom stereocenters. The highest BCUT2D eigenvalue weighted by Gasteiger charge is 2.18. The lowest BCUT2D eigenvalue weighted by Gasteiger charge is -2.17. The van der Waals surface area contributed by atoms with E-state index in [1.54, 1.807) is 42.2 Å². The Morgan fingerprint density at radius 3 is 1.82 bits per heavy atom. The third-order valence-electron chi connectivity index (χ3n) is 3.35. The fourth-order valence-electron chi connectivity index (χ4n) is 2.17. The van der Waals surface area contributed by atoms with E-state index in [-0.39, 0.29) is 16.9 Å². The van der Waals surface area contributed by atoms with Crippen molar-refractivity contribution in [2.75, 3.05) is 0 Å². The summed E-state index contributed by atoms with van der Waals surface area (Å²) in [6.07, 6.45) is 3.60. The predicted molar refractivity (Wildman–Crippen MR) is 83.7 cm³/mol. The van der Waals surface area contributed by atoms with Crippen LogP contribution in [0.5, 0.6) is 0 Å². The molecule has 0 spiro atoms. The van der Waals surface area contributed by atoms with E-state index in [0.717, 1.165) is 16.3 Å². The Morgan fingerprint density at radius 2 is 1.41 bits per heavy atom. The van der Waals surface area contributed by atoms with Crippen LogP contribution in [0.3, 0.4) is 0 Å². The van der Waals surface area contributed by atoms with Crippen LogP contribution in [-0.4, -0.2) is 9.55 Å². The minimum atomic E-state index is -0.274. The quantitative estimate of drug-likeness (QED) is 0.656. The van der Waals surface area contributed by atoms with Gasteiger partial charge in [0.25, 0.3) is 0 Å². The van der Waals surface area contributed by atoms with Crippen LogP contribution in [0, 0.1) is 11.6 Å². The van der Waals surface area contributed by atoms with Gasteiger partial charge in [-0.15, -0.1) is 0 Å². The molecule has 3 aromatic rings. The van der Waals surface area contributed by atoms with Gasteiger partial charge in [0.05, 0.1) is 5.25 Å². The zero-order chi connectivity index (χ0) is 15.5. The van der Waals surface area contributed by atoms with E-state index >= 15 is 0 Å². The zero-order valence-corrected chi connectivity index (χ0v) is 12.7. The Hall–Kier alpha value is -2.14. The Kier molecular flexibility index (Phi) is 4.24. The van der Waals surface area contributed by atoms with E-state index in [1.165, 1.54) is 24.3 Å². The first-order valence-corrected chi connectivity index (χ1v) is 7.66. The monoisotopic (exact) mass is 316 g/mol. The van der Waals surface area contributed by atoms with Gasteiger partial charge in [-0.2, -0.15) is 0 Å². The van der Waals surface area contributed by atoms with Crippen molar-refractivity contribution in [1.29, 1.82) is 0 Å². The topological polar surface area (TPSA) is 17.8 Å². The van der Waals surface area contributed by atoms with Gasteiger partial charge in [0.1, 0.15) is 11.6 Å². The molecule has 2 aromatic carbocycles. The molecule has 0 saturated carbocycles. The maximum Gasteiger partial charge on any atom is 0.168 e. The van der Waals surface area contributed by atoms with Crippen molar-refractivity contribution in [1.82, 2.24) is 9.55 Å². The van der Waals surface area contributed by atoms with E-state index in [2.05, 4.69) is 4.98 Å². The van der Waals surface area contributed by atoms with Crippen LogP contribution in [0.15, 0.2) is 66.1 Å². The fraction of sp³-hybridized carbons (Fsp3) is 0.118. The van der Waals surface area contributed by atoms with E-state index in [4.69, 9.17) is 0 Å². The van der Waals surface area contributed by atoms with Gasteiger partial charge in [0.15, 0.2) is 5.16 Å². The fourth-order valence-corrected chi connectivity index (χ4v) is 3.32. The highest BCUT2D eigenvalue weighted by atomic mass is 32.2. The molecule has 0 N–H and O–H groups in total. The normalized spacial score (nSPS) is 11.1. The lowest BCUT2D eigenvalue weighted by molar-refractivity contribution is 0.626. The standard InChI is InChI=1S/C17H14F2N2S/c1-21-11-10-20-17(21)22-16(12-2-6-14(18)7-3-12)13-4-8-15(19)9-5-13/h2-11,16H,1H3. The van der Waals surface area contributed by atoms with Crippen molar-refractivity contribution < 1.29 is 8.78 Å². The number of nitrogens with zero attached hydrogens (tertiary/aromatic N) is 2. The van der Waals surface area contributed by atoms with Crippen molar-refractivity contribution in [2.24, 2.45) is 7.05 Å². The summed E-state index contributed by atoms with van der Waals surface area (Å²) in [6.45, 7) is 0. The second kappa shape index (κ2) is 6.32. The molecule has 1 heterocycles. The predicted octanol–water partition coefficient (Wildman–Crippen LogP) is 4.58. The van der Waals surface area contributed by atoms with Gasteiger partial charge in [0, 0.05) is 19.4 Å². The van der Waals surface area contributed by atoms with Crippen LogP contribution < -0.4 is 0 Å². The molecule has 0 radical (unpaired) electrons. The van der Waals surface area contributed by atoms with E-state index in [1.807, 2.05) is 17.8 Å². The number of thioether (sulfide) groups is 1. The van der Waals surface area contributed by atoms with Crippen molar-refractivity contribution in [3.8, 4) is 0 Å². The first kappa shape index (κ1) is 14.8. The van der Waals surface area contributed by atoms with Crippen molar-refractivity contribution >= 4 is 11.8 Å². The van der Waals surface area contributed by atoms with Gasteiger partial charge in [-0.3, -0.25) is 0 Å². The number of aromatic nitrogens is 2. The minimum Gasteiger partial charge on any atom is -0.329 e. The zero-order valence-electron chi connectivity index (χ0n) is 11.9. The lowest BCUT2D eigenvalue weighted by Crippen LogP contribution is -2.00. The maximum absolute atomic E-state index is 13.2. The third-order valence-corrected chi connectivity index (χ3v) is 4.73. The molecule has 3 rings (SSSR count). The summed E-state index contributed by atoms with van der Waals surface area (Å²) in [5.74, 6) is -0.549. The SMILES string of the molecule is Cn1ccnc1SC(c1ccc(F)cc1)c1ccc(F)cc1. The lowest BCUT2D eigenvalue weighted by atomic mass is 10.0. The maximum atomic E-state index is 13.2. The molecule has 0 bridgehead atoms. The van der Waals surface area contributed by atoms with Gasteiger partial charge >= 0.3 is 0 Å². The number of aryl methyl sites for hydroxylation is 1. The summed E-state index contributed by atoms with van der Waals surface area (Å²) in [6, 6.07) is 12.7. The van der Waals surface area contributed by atoms with Crippen LogP contribution in [0.1, 0.15) is 16.4 Å². The molecule has 0 aliphatic rings. The van der Waals surface area contributed by atoms with E-state index < -0.39 is 0 Å². The van der Waals surface area contributed by atoms with Gasteiger partial charge in [-0.05, 0) is 35.4 Å². The summed E-state index contributed by atoms with van der Waals surface area (Å²) in [7, 11) is 1.92. The Labute approximate surface area is 131 Å². The molecule has 22 heavy (non-hydrogen) atoms. The summed E-state index contributed by atoms with van der Waals surface area (Å²) in [4.78, 5) is 4.32.